The predicted octanol–water partition coefficient (Wildman–Crippen LogP) is 3.48. The molecule has 2 aliphatic rings. The van der Waals surface area contributed by atoms with Crippen molar-refractivity contribution in [1.29, 1.82) is 0 Å². The zero-order valence-electron chi connectivity index (χ0n) is 19.4. The number of benzene rings is 1. The van der Waals surface area contributed by atoms with Crippen molar-refractivity contribution in [3.8, 4) is 5.69 Å². The van der Waals surface area contributed by atoms with Gasteiger partial charge >= 0.3 is 5.91 Å². The van der Waals surface area contributed by atoms with Crippen LogP contribution >= 0.6 is 0 Å². The van der Waals surface area contributed by atoms with E-state index in [1.807, 2.05) is 55.5 Å². The topological polar surface area (TPSA) is 79.1 Å². The molecule has 7 nitrogen and oxygen atoms in total. The molecule has 34 heavy (non-hydrogen) atoms. The lowest BCUT2D eigenvalue weighted by Gasteiger charge is -2.29. The van der Waals surface area contributed by atoms with Gasteiger partial charge in [-0.3, -0.25) is 24.4 Å². The Morgan fingerprint density at radius 1 is 0.912 bits per heavy atom. The molecule has 0 saturated heterocycles. The third-order valence-electron chi connectivity index (χ3n) is 6.73. The largest absolute Gasteiger partial charge is 0.327 e. The Balaban J connectivity index is 1.73. The first-order valence-electron chi connectivity index (χ1n) is 12.1. The van der Waals surface area contributed by atoms with Crippen LogP contribution in [0.25, 0.3) is 17.0 Å². The SMILES string of the molecule is CCCc1[nH]n(-c2ccccc2)c(=O)c1C1=C([n+]2ccccc2)C(=O)N(C2CCCCC2)C1=O. The fourth-order valence-corrected chi connectivity index (χ4v) is 5.15. The van der Waals surface area contributed by atoms with Gasteiger partial charge in [-0.25, -0.2) is 4.68 Å². The smallest absolute Gasteiger partial charge is 0.294 e. The van der Waals surface area contributed by atoms with Gasteiger partial charge in [0.2, 0.25) is 0 Å². The summed E-state index contributed by atoms with van der Waals surface area (Å²) in [5, 5.41) is 3.22. The van der Waals surface area contributed by atoms with Crippen LogP contribution < -0.4 is 10.1 Å². The van der Waals surface area contributed by atoms with E-state index in [-0.39, 0.29) is 34.7 Å². The molecule has 1 aromatic carbocycles. The molecule has 1 aliphatic heterocycles. The second-order valence-corrected chi connectivity index (χ2v) is 8.97. The van der Waals surface area contributed by atoms with Crippen molar-refractivity contribution in [3.63, 3.8) is 0 Å². The van der Waals surface area contributed by atoms with Crippen LogP contribution in [0.15, 0.2) is 65.7 Å². The van der Waals surface area contributed by atoms with E-state index in [1.165, 1.54) is 9.58 Å². The quantitative estimate of drug-likeness (QED) is 0.455. The van der Waals surface area contributed by atoms with Crippen LogP contribution in [0.5, 0.6) is 0 Å². The highest BCUT2D eigenvalue weighted by Gasteiger charge is 2.49. The summed E-state index contributed by atoms with van der Waals surface area (Å²) in [6.07, 6.45) is 9.62. The number of pyridine rings is 1. The number of para-hydroxylation sites is 1. The molecule has 0 unspecified atom stereocenters. The molecular weight excluding hydrogens is 428 g/mol. The third-order valence-corrected chi connectivity index (χ3v) is 6.73. The number of aryl methyl sites for hydroxylation is 1. The molecule has 0 spiro atoms. The monoisotopic (exact) mass is 457 g/mol. The average molecular weight is 458 g/mol. The third kappa shape index (κ3) is 3.71. The van der Waals surface area contributed by atoms with Crippen LogP contribution in [0, 0.1) is 0 Å². The minimum atomic E-state index is -0.364. The summed E-state index contributed by atoms with van der Waals surface area (Å²) in [7, 11) is 0. The Labute approximate surface area is 198 Å². The number of aromatic nitrogens is 3. The van der Waals surface area contributed by atoms with Crippen LogP contribution in [-0.2, 0) is 16.0 Å². The molecule has 5 rings (SSSR count). The van der Waals surface area contributed by atoms with Gasteiger partial charge in [0.1, 0.15) is 5.57 Å². The molecule has 2 aromatic heterocycles. The van der Waals surface area contributed by atoms with Gasteiger partial charge in [0.05, 0.1) is 11.3 Å². The van der Waals surface area contributed by atoms with Crippen molar-refractivity contribution in [2.45, 2.75) is 57.9 Å². The number of nitrogens with one attached hydrogen (secondary N) is 1. The number of imide groups is 1. The normalized spacial score (nSPS) is 17.1. The Morgan fingerprint density at radius 2 is 1.59 bits per heavy atom. The Bertz CT molecular complexity index is 1300. The van der Waals surface area contributed by atoms with Gasteiger partial charge in [-0.1, -0.05) is 56.9 Å². The second-order valence-electron chi connectivity index (χ2n) is 8.97. The molecule has 174 valence electrons. The molecule has 1 aliphatic carbocycles. The number of hydrogen-bond donors (Lipinski definition) is 1. The zero-order valence-corrected chi connectivity index (χ0v) is 19.4. The number of amides is 2. The molecule has 3 heterocycles. The maximum Gasteiger partial charge on any atom is 0.327 e. The Hall–Kier alpha value is -3.74. The lowest BCUT2D eigenvalue weighted by molar-refractivity contribution is -0.576. The van der Waals surface area contributed by atoms with Gasteiger partial charge in [0.15, 0.2) is 12.4 Å². The molecule has 1 N–H and O–H groups in total. The van der Waals surface area contributed by atoms with E-state index in [0.717, 1.165) is 38.5 Å². The number of carbonyl (C=O) groups excluding carboxylic acids is 2. The van der Waals surface area contributed by atoms with E-state index in [4.69, 9.17) is 0 Å². The molecule has 2 amide bonds. The number of rotatable bonds is 6. The molecule has 7 heteroatoms. The van der Waals surface area contributed by atoms with Gasteiger partial charge < -0.3 is 0 Å². The highest BCUT2D eigenvalue weighted by molar-refractivity contribution is 6.44. The van der Waals surface area contributed by atoms with Gasteiger partial charge in [0.25, 0.3) is 17.2 Å². The first kappa shape index (κ1) is 22.1. The average Bonchev–Trinajstić information content (AvgIpc) is 3.32. The maximum atomic E-state index is 13.9. The predicted molar refractivity (Wildman–Crippen MR) is 129 cm³/mol. The summed E-state index contributed by atoms with van der Waals surface area (Å²) >= 11 is 0. The van der Waals surface area contributed by atoms with Crippen LogP contribution in [0.1, 0.15) is 56.7 Å². The van der Waals surface area contributed by atoms with Crippen molar-refractivity contribution >= 4 is 23.1 Å². The maximum absolute atomic E-state index is 13.9. The van der Waals surface area contributed by atoms with Crippen LogP contribution in [-0.4, -0.2) is 32.5 Å². The minimum Gasteiger partial charge on any atom is -0.294 e. The number of carbonyl (C=O) groups is 2. The molecule has 1 fully saturated rings. The zero-order chi connectivity index (χ0) is 23.7. The number of hydrogen-bond acceptors (Lipinski definition) is 3. The van der Waals surface area contributed by atoms with E-state index in [1.54, 1.807) is 17.0 Å². The molecule has 0 bridgehead atoms. The minimum absolute atomic E-state index is 0.129. The van der Waals surface area contributed by atoms with Crippen molar-refractivity contribution in [2.24, 2.45) is 0 Å². The van der Waals surface area contributed by atoms with E-state index in [2.05, 4.69) is 5.10 Å². The van der Waals surface area contributed by atoms with E-state index in [0.29, 0.717) is 23.4 Å². The molecular formula is C27H29N4O3+. The van der Waals surface area contributed by atoms with Crippen molar-refractivity contribution in [2.75, 3.05) is 0 Å². The molecule has 0 atom stereocenters. The first-order chi connectivity index (χ1) is 16.6. The van der Waals surface area contributed by atoms with Gasteiger partial charge in [-0.05, 0) is 31.4 Å². The summed E-state index contributed by atoms with van der Waals surface area (Å²) in [5.41, 5.74) is 1.80. The van der Waals surface area contributed by atoms with Crippen molar-refractivity contribution < 1.29 is 14.2 Å². The molecule has 0 radical (unpaired) electrons. The lowest BCUT2D eigenvalue weighted by Crippen LogP contribution is -2.45. The fraction of sp³-hybridized carbons (Fsp3) is 0.333. The van der Waals surface area contributed by atoms with Gasteiger partial charge in [-0.15, -0.1) is 0 Å². The summed E-state index contributed by atoms with van der Waals surface area (Å²) in [6.45, 7) is 2.03. The summed E-state index contributed by atoms with van der Waals surface area (Å²) in [5.74, 6) is -0.686. The second kappa shape index (κ2) is 9.25. The first-order valence-corrected chi connectivity index (χ1v) is 12.1. The number of nitrogens with zero attached hydrogens (tertiary/aromatic N) is 3. The standard InChI is InChI=1S/C27H28N4O3/c1-2-12-21-22(26(33)31(28-21)20-15-8-4-9-16-20)23-24(29-17-10-5-11-18-29)27(34)30(25(23)32)19-13-6-3-7-14-19/h4-5,8-11,15-19H,2-3,6-7,12-14H2,1H3/p+1. The highest BCUT2D eigenvalue weighted by Crippen LogP contribution is 2.35. The van der Waals surface area contributed by atoms with Crippen LogP contribution in [0.3, 0.4) is 0 Å². The lowest BCUT2D eigenvalue weighted by atomic mass is 9.94. The van der Waals surface area contributed by atoms with Crippen LogP contribution in [0.4, 0.5) is 0 Å². The number of H-pyrrole nitrogens is 1. The van der Waals surface area contributed by atoms with E-state index < -0.39 is 0 Å². The van der Waals surface area contributed by atoms with Gasteiger partial charge in [0, 0.05) is 23.9 Å². The van der Waals surface area contributed by atoms with E-state index >= 15 is 0 Å². The van der Waals surface area contributed by atoms with E-state index in [9.17, 15) is 14.4 Å². The van der Waals surface area contributed by atoms with Crippen molar-refractivity contribution in [1.82, 2.24) is 14.7 Å². The highest BCUT2D eigenvalue weighted by atomic mass is 16.2. The summed E-state index contributed by atoms with van der Waals surface area (Å²) < 4.78 is 3.15. The number of aromatic amines is 1. The Kier molecular flexibility index (Phi) is 6.01. The van der Waals surface area contributed by atoms with Crippen LogP contribution in [0.2, 0.25) is 0 Å². The summed E-state index contributed by atoms with van der Waals surface area (Å²) in [4.78, 5) is 42.9. The van der Waals surface area contributed by atoms with Crippen molar-refractivity contribution in [3.05, 3.63) is 82.5 Å². The molecule has 1 saturated carbocycles. The molecule has 3 aromatic rings. The summed E-state index contributed by atoms with van der Waals surface area (Å²) in [6, 6.07) is 14.7. The fourth-order valence-electron chi connectivity index (χ4n) is 5.15. The van der Waals surface area contributed by atoms with Gasteiger partial charge in [-0.2, -0.15) is 4.57 Å². The Morgan fingerprint density at radius 3 is 2.26 bits per heavy atom.